The van der Waals surface area contributed by atoms with Crippen LogP contribution in [0, 0.1) is 12.8 Å². The van der Waals surface area contributed by atoms with Crippen molar-refractivity contribution in [2.24, 2.45) is 5.92 Å². The van der Waals surface area contributed by atoms with Crippen LogP contribution < -0.4 is 15.0 Å². The van der Waals surface area contributed by atoms with Gasteiger partial charge in [-0.2, -0.15) is 0 Å². The third-order valence-electron chi connectivity index (χ3n) is 4.73. The van der Waals surface area contributed by atoms with E-state index in [1.54, 1.807) is 13.0 Å². The summed E-state index contributed by atoms with van der Waals surface area (Å²) in [6.07, 6.45) is 0.495. The molecule has 4 nitrogen and oxygen atoms in total. The molecule has 0 bridgehead atoms. The lowest BCUT2D eigenvalue weighted by Gasteiger charge is -2.20. The highest BCUT2D eigenvalue weighted by atomic mass is 35.5. The molecule has 0 aromatic heterocycles. The normalized spacial score (nSPS) is 17.8. The minimum atomic E-state index is -0.582. The molecule has 2 aromatic carbocycles. The van der Waals surface area contributed by atoms with E-state index in [2.05, 4.69) is 34.5 Å². The van der Waals surface area contributed by atoms with E-state index in [9.17, 15) is 4.79 Å². The molecule has 0 aliphatic carbocycles. The predicted molar refractivity (Wildman–Crippen MR) is 106 cm³/mol. The number of anilines is 1. The number of nitrogens with zero attached hydrogens (tertiary/aromatic N) is 1. The van der Waals surface area contributed by atoms with E-state index in [0.717, 1.165) is 25.1 Å². The zero-order chi connectivity index (χ0) is 18.5. The maximum Gasteiger partial charge on any atom is 0.260 e. The van der Waals surface area contributed by atoms with Crippen molar-refractivity contribution in [1.82, 2.24) is 5.32 Å². The lowest BCUT2D eigenvalue weighted by molar-refractivity contribution is -0.127. The SMILES string of the molecule is Cc1ccc(Cl)c(O[C@@H](C)C(=O)NC[C@@H]2CCN(c3ccccc3)C2)c1. The lowest BCUT2D eigenvalue weighted by Crippen LogP contribution is -2.39. The average molecular weight is 373 g/mol. The first-order chi connectivity index (χ1) is 12.5. The summed E-state index contributed by atoms with van der Waals surface area (Å²) in [5.41, 5.74) is 2.29. The summed E-state index contributed by atoms with van der Waals surface area (Å²) in [6.45, 7) is 6.36. The number of halogens is 1. The fourth-order valence-corrected chi connectivity index (χ4v) is 3.37. The van der Waals surface area contributed by atoms with E-state index in [4.69, 9.17) is 16.3 Å². The number of benzene rings is 2. The zero-order valence-corrected chi connectivity index (χ0v) is 16.0. The highest BCUT2D eigenvalue weighted by Crippen LogP contribution is 2.26. The Balaban J connectivity index is 1.47. The van der Waals surface area contributed by atoms with Gasteiger partial charge in [0.2, 0.25) is 0 Å². The predicted octanol–water partition coefficient (Wildman–Crippen LogP) is 4.06. The number of aryl methyl sites for hydroxylation is 1. The number of carbonyl (C=O) groups is 1. The summed E-state index contributed by atoms with van der Waals surface area (Å²) in [6, 6.07) is 15.9. The molecule has 1 aliphatic heterocycles. The first-order valence-electron chi connectivity index (χ1n) is 9.03. The molecule has 26 heavy (non-hydrogen) atoms. The van der Waals surface area contributed by atoms with Gasteiger partial charge in [0.1, 0.15) is 5.75 Å². The van der Waals surface area contributed by atoms with Gasteiger partial charge >= 0.3 is 0 Å². The summed E-state index contributed by atoms with van der Waals surface area (Å²) in [4.78, 5) is 14.7. The Morgan fingerprint density at radius 3 is 2.85 bits per heavy atom. The molecule has 1 saturated heterocycles. The molecule has 0 unspecified atom stereocenters. The molecule has 1 fully saturated rings. The van der Waals surface area contributed by atoms with E-state index in [-0.39, 0.29) is 5.91 Å². The number of rotatable bonds is 6. The van der Waals surface area contributed by atoms with Crippen LogP contribution in [-0.2, 0) is 4.79 Å². The number of hydrogen-bond acceptors (Lipinski definition) is 3. The Kier molecular flexibility index (Phi) is 6.04. The van der Waals surface area contributed by atoms with Crippen molar-refractivity contribution in [2.75, 3.05) is 24.5 Å². The molecule has 1 amide bonds. The summed E-state index contributed by atoms with van der Waals surface area (Å²) in [5.74, 6) is 0.889. The summed E-state index contributed by atoms with van der Waals surface area (Å²) < 4.78 is 5.74. The van der Waals surface area contributed by atoms with Crippen LogP contribution in [0.3, 0.4) is 0 Å². The molecule has 2 aromatic rings. The maximum absolute atomic E-state index is 12.4. The van der Waals surface area contributed by atoms with E-state index < -0.39 is 6.10 Å². The fraction of sp³-hybridized carbons (Fsp3) is 0.381. The Labute approximate surface area is 160 Å². The van der Waals surface area contributed by atoms with Gasteiger partial charge in [-0.3, -0.25) is 4.79 Å². The Bertz CT molecular complexity index is 751. The number of nitrogens with one attached hydrogen (secondary N) is 1. The van der Waals surface area contributed by atoms with Crippen LogP contribution in [0.4, 0.5) is 5.69 Å². The molecular weight excluding hydrogens is 348 g/mol. The van der Waals surface area contributed by atoms with Crippen molar-refractivity contribution in [2.45, 2.75) is 26.4 Å². The van der Waals surface area contributed by atoms with Gasteiger partial charge in [0.15, 0.2) is 6.10 Å². The van der Waals surface area contributed by atoms with Gasteiger partial charge in [-0.1, -0.05) is 35.9 Å². The number of ether oxygens (including phenoxy) is 1. The smallest absolute Gasteiger partial charge is 0.260 e. The fourth-order valence-electron chi connectivity index (χ4n) is 3.21. The quantitative estimate of drug-likeness (QED) is 0.831. The van der Waals surface area contributed by atoms with Crippen molar-refractivity contribution in [3.05, 3.63) is 59.1 Å². The second kappa shape index (κ2) is 8.45. The van der Waals surface area contributed by atoms with Crippen molar-refractivity contribution in [3.8, 4) is 5.75 Å². The first kappa shape index (κ1) is 18.6. The standard InChI is InChI=1S/C21H25ClN2O2/c1-15-8-9-19(22)20(12-15)26-16(2)21(25)23-13-17-10-11-24(14-17)18-6-4-3-5-7-18/h3-9,12,16-17H,10-11,13-14H2,1-2H3,(H,23,25)/t16-,17-/m0/s1. The van der Waals surface area contributed by atoms with Crippen LogP contribution in [0.2, 0.25) is 5.02 Å². The minimum absolute atomic E-state index is 0.110. The van der Waals surface area contributed by atoms with Crippen molar-refractivity contribution in [1.29, 1.82) is 0 Å². The monoisotopic (exact) mass is 372 g/mol. The van der Waals surface area contributed by atoms with Gasteiger partial charge < -0.3 is 15.0 Å². The van der Waals surface area contributed by atoms with Gasteiger partial charge in [0.05, 0.1) is 5.02 Å². The highest BCUT2D eigenvalue weighted by molar-refractivity contribution is 6.32. The number of amides is 1. The second-order valence-electron chi connectivity index (χ2n) is 6.88. The van der Waals surface area contributed by atoms with Gasteiger partial charge in [-0.05, 0) is 56.0 Å². The zero-order valence-electron chi connectivity index (χ0n) is 15.2. The average Bonchev–Trinajstić information content (AvgIpc) is 3.12. The number of carbonyl (C=O) groups excluding carboxylic acids is 1. The Hall–Kier alpha value is -2.20. The van der Waals surface area contributed by atoms with Crippen LogP contribution in [-0.4, -0.2) is 31.6 Å². The van der Waals surface area contributed by atoms with Crippen LogP contribution in [0.15, 0.2) is 48.5 Å². The minimum Gasteiger partial charge on any atom is -0.479 e. The highest BCUT2D eigenvalue weighted by Gasteiger charge is 2.24. The molecule has 1 aliphatic rings. The molecule has 5 heteroatoms. The molecule has 0 radical (unpaired) electrons. The summed E-state index contributed by atoms with van der Waals surface area (Å²) in [7, 11) is 0. The lowest BCUT2D eigenvalue weighted by atomic mass is 10.1. The van der Waals surface area contributed by atoms with E-state index in [0.29, 0.717) is 23.2 Å². The van der Waals surface area contributed by atoms with E-state index in [1.165, 1.54) is 5.69 Å². The van der Waals surface area contributed by atoms with Crippen LogP contribution in [0.25, 0.3) is 0 Å². The van der Waals surface area contributed by atoms with Crippen LogP contribution >= 0.6 is 11.6 Å². The van der Waals surface area contributed by atoms with E-state index in [1.807, 2.05) is 25.1 Å². The van der Waals surface area contributed by atoms with Crippen molar-refractivity contribution in [3.63, 3.8) is 0 Å². The van der Waals surface area contributed by atoms with Crippen LogP contribution in [0.5, 0.6) is 5.75 Å². The van der Waals surface area contributed by atoms with Gasteiger partial charge in [-0.25, -0.2) is 0 Å². The maximum atomic E-state index is 12.4. The van der Waals surface area contributed by atoms with Crippen molar-refractivity contribution >= 4 is 23.2 Å². The molecule has 2 atom stereocenters. The number of para-hydroxylation sites is 1. The molecule has 0 spiro atoms. The molecule has 138 valence electrons. The molecule has 0 saturated carbocycles. The largest absolute Gasteiger partial charge is 0.479 e. The Morgan fingerprint density at radius 2 is 2.08 bits per heavy atom. The third kappa shape index (κ3) is 4.70. The number of hydrogen-bond donors (Lipinski definition) is 1. The first-order valence-corrected chi connectivity index (χ1v) is 9.41. The Morgan fingerprint density at radius 1 is 1.31 bits per heavy atom. The van der Waals surface area contributed by atoms with Gasteiger partial charge in [0, 0.05) is 25.3 Å². The molecule has 1 heterocycles. The second-order valence-corrected chi connectivity index (χ2v) is 7.28. The van der Waals surface area contributed by atoms with Gasteiger partial charge in [-0.15, -0.1) is 0 Å². The summed E-state index contributed by atoms with van der Waals surface area (Å²) >= 11 is 6.14. The topological polar surface area (TPSA) is 41.6 Å². The van der Waals surface area contributed by atoms with E-state index >= 15 is 0 Å². The van der Waals surface area contributed by atoms with Crippen LogP contribution in [0.1, 0.15) is 18.9 Å². The van der Waals surface area contributed by atoms with Gasteiger partial charge in [0.25, 0.3) is 5.91 Å². The molecule has 1 N–H and O–H groups in total. The summed E-state index contributed by atoms with van der Waals surface area (Å²) in [5, 5.41) is 3.54. The van der Waals surface area contributed by atoms with Crippen molar-refractivity contribution < 1.29 is 9.53 Å². The molecular formula is C21H25ClN2O2. The molecule has 3 rings (SSSR count). The third-order valence-corrected chi connectivity index (χ3v) is 5.04.